The maximum atomic E-state index is 12.4. The number of fused-ring (bicyclic) bond motifs is 1. The summed E-state index contributed by atoms with van der Waals surface area (Å²) in [5, 5.41) is 19.1. The molecular weight excluding hydrogens is 278 g/mol. The summed E-state index contributed by atoms with van der Waals surface area (Å²) in [6, 6.07) is 12.1. The molecular formula is C18H21NO3. The first kappa shape index (κ1) is 15.9. The van der Waals surface area contributed by atoms with Gasteiger partial charge >= 0.3 is 0 Å². The van der Waals surface area contributed by atoms with E-state index in [0.29, 0.717) is 13.1 Å². The van der Waals surface area contributed by atoms with Crippen LogP contribution in [0, 0.1) is 0 Å². The Bertz CT molecular complexity index is 667. The molecule has 1 aliphatic rings. The Morgan fingerprint density at radius 3 is 2.41 bits per heavy atom. The fraction of sp³-hybridized carbons (Fsp3) is 0.278. The van der Waals surface area contributed by atoms with Crippen LogP contribution in [0.1, 0.15) is 35.3 Å². The molecule has 0 saturated carbocycles. The highest BCUT2D eigenvalue weighted by Crippen LogP contribution is 2.26. The summed E-state index contributed by atoms with van der Waals surface area (Å²) in [5.41, 5.74) is 2.64. The predicted octanol–water partition coefficient (Wildman–Crippen LogP) is 3.32. The van der Waals surface area contributed by atoms with Crippen LogP contribution >= 0.6 is 0 Å². The van der Waals surface area contributed by atoms with Gasteiger partial charge in [-0.25, -0.2) is 0 Å². The lowest BCUT2D eigenvalue weighted by atomic mass is 9.99. The zero-order valence-electron chi connectivity index (χ0n) is 12.9. The third kappa shape index (κ3) is 3.22. The molecule has 116 valence electrons. The van der Waals surface area contributed by atoms with Gasteiger partial charge in [-0.3, -0.25) is 4.79 Å². The maximum absolute atomic E-state index is 12.4. The summed E-state index contributed by atoms with van der Waals surface area (Å²) in [7, 11) is 0. The van der Waals surface area contributed by atoms with E-state index in [1.807, 2.05) is 32.0 Å². The second-order valence-corrected chi connectivity index (χ2v) is 4.95. The highest BCUT2D eigenvalue weighted by atomic mass is 16.3. The summed E-state index contributed by atoms with van der Waals surface area (Å²) in [4.78, 5) is 14.1. The molecule has 3 rings (SSSR count). The number of amides is 1. The van der Waals surface area contributed by atoms with Crippen molar-refractivity contribution in [3.63, 3.8) is 0 Å². The number of aromatic hydroxyl groups is 2. The molecule has 1 heterocycles. The molecule has 0 atom stereocenters. The predicted molar refractivity (Wildman–Crippen MR) is 86.0 cm³/mol. The van der Waals surface area contributed by atoms with Gasteiger partial charge in [0.15, 0.2) is 0 Å². The SMILES string of the molecule is CC.O=C(c1ccc(O)cc1O)N1CCc2ccccc2C1. The number of hydrogen-bond acceptors (Lipinski definition) is 3. The number of phenolic OH excluding ortho intramolecular Hbond substituents is 2. The molecule has 2 N–H and O–H groups in total. The second-order valence-electron chi connectivity index (χ2n) is 4.95. The Labute approximate surface area is 130 Å². The molecule has 2 aromatic rings. The lowest BCUT2D eigenvalue weighted by molar-refractivity contribution is 0.0731. The van der Waals surface area contributed by atoms with Gasteiger partial charge in [0, 0.05) is 19.2 Å². The van der Waals surface area contributed by atoms with Crippen LogP contribution in [0.25, 0.3) is 0 Å². The van der Waals surface area contributed by atoms with Gasteiger partial charge in [0.2, 0.25) is 0 Å². The van der Waals surface area contributed by atoms with Crippen molar-refractivity contribution in [2.24, 2.45) is 0 Å². The van der Waals surface area contributed by atoms with Crippen LogP contribution in [0.2, 0.25) is 0 Å². The van der Waals surface area contributed by atoms with Crippen LogP contribution in [0.15, 0.2) is 42.5 Å². The van der Waals surface area contributed by atoms with E-state index in [-0.39, 0.29) is 23.0 Å². The third-order valence-electron chi connectivity index (χ3n) is 3.63. The van der Waals surface area contributed by atoms with E-state index in [1.165, 1.54) is 23.8 Å². The summed E-state index contributed by atoms with van der Waals surface area (Å²) >= 11 is 0. The first-order valence-corrected chi connectivity index (χ1v) is 7.53. The first-order valence-electron chi connectivity index (χ1n) is 7.53. The number of carbonyl (C=O) groups is 1. The minimum Gasteiger partial charge on any atom is -0.508 e. The molecule has 4 nitrogen and oxygen atoms in total. The summed E-state index contributed by atoms with van der Waals surface area (Å²) in [6.07, 6.45) is 0.820. The molecule has 0 spiro atoms. The zero-order valence-corrected chi connectivity index (χ0v) is 12.9. The van der Waals surface area contributed by atoms with Crippen molar-refractivity contribution in [1.29, 1.82) is 0 Å². The molecule has 0 fully saturated rings. The lowest BCUT2D eigenvalue weighted by Gasteiger charge is -2.29. The molecule has 22 heavy (non-hydrogen) atoms. The highest BCUT2D eigenvalue weighted by Gasteiger charge is 2.23. The van der Waals surface area contributed by atoms with Gasteiger partial charge in [-0.1, -0.05) is 38.1 Å². The number of benzene rings is 2. The fourth-order valence-electron chi connectivity index (χ4n) is 2.54. The maximum Gasteiger partial charge on any atom is 0.257 e. The van der Waals surface area contributed by atoms with Crippen molar-refractivity contribution in [2.45, 2.75) is 26.8 Å². The molecule has 0 aliphatic carbocycles. The molecule has 0 saturated heterocycles. The number of hydrogen-bond donors (Lipinski definition) is 2. The van der Waals surface area contributed by atoms with E-state index >= 15 is 0 Å². The summed E-state index contributed by atoms with van der Waals surface area (Å²) in [5.74, 6) is -0.450. The van der Waals surface area contributed by atoms with Crippen LogP contribution in [0.5, 0.6) is 11.5 Å². The molecule has 0 aromatic heterocycles. The Hall–Kier alpha value is -2.49. The fourth-order valence-corrected chi connectivity index (χ4v) is 2.54. The van der Waals surface area contributed by atoms with Crippen molar-refractivity contribution < 1.29 is 15.0 Å². The minimum absolute atomic E-state index is 0.0527. The third-order valence-corrected chi connectivity index (χ3v) is 3.63. The Kier molecular flexibility index (Phi) is 5.04. The molecule has 2 aromatic carbocycles. The van der Waals surface area contributed by atoms with Crippen LogP contribution in [-0.4, -0.2) is 27.6 Å². The monoisotopic (exact) mass is 299 g/mol. The molecule has 0 radical (unpaired) electrons. The standard InChI is InChI=1S/C16H15NO3.C2H6/c18-13-5-6-14(15(19)9-13)16(20)17-8-7-11-3-1-2-4-12(11)10-17;1-2/h1-6,9,18-19H,7-8,10H2;1-2H3. The number of rotatable bonds is 1. The summed E-state index contributed by atoms with van der Waals surface area (Å²) in [6.45, 7) is 5.19. The van der Waals surface area contributed by atoms with Gasteiger partial charge in [-0.15, -0.1) is 0 Å². The van der Waals surface area contributed by atoms with Crippen molar-refractivity contribution in [3.05, 3.63) is 59.2 Å². The van der Waals surface area contributed by atoms with Gasteiger partial charge < -0.3 is 15.1 Å². The Morgan fingerprint density at radius 2 is 1.73 bits per heavy atom. The molecule has 4 heteroatoms. The van der Waals surface area contributed by atoms with Crippen LogP contribution in [0.4, 0.5) is 0 Å². The van der Waals surface area contributed by atoms with Gasteiger partial charge in [-0.05, 0) is 29.7 Å². The second kappa shape index (κ2) is 6.98. The summed E-state index contributed by atoms with van der Waals surface area (Å²) < 4.78 is 0. The number of nitrogens with zero attached hydrogens (tertiary/aromatic N) is 1. The molecule has 1 aliphatic heterocycles. The van der Waals surface area contributed by atoms with E-state index in [4.69, 9.17) is 0 Å². The highest BCUT2D eigenvalue weighted by molar-refractivity contribution is 5.97. The Balaban J connectivity index is 0.000000847. The first-order chi connectivity index (χ1) is 10.6. The Morgan fingerprint density at radius 1 is 1.05 bits per heavy atom. The molecule has 0 unspecified atom stereocenters. The van der Waals surface area contributed by atoms with Crippen molar-refractivity contribution in [1.82, 2.24) is 4.90 Å². The lowest BCUT2D eigenvalue weighted by Crippen LogP contribution is -2.35. The van der Waals surface area contributed by atoms with Gasteiger partial charge in [-0.2, -0.15) is 0 Å². The van der Waals surface area contributed by atoms with Crippen molar-refractivity contribution in [3.8, 4) is 11.5 Å². The van der Waals surface area contributed by atoms with Crippen molar-refractivity contribution in [2.75, 3.05) is 6.54 Å². The molecule has 0 bridgehead atoms. The normalized spacial score (nSPS) is 12.9. The quantitative estimate of drug-likeness (QED) is 0.849. The van der Waals surface area contributed by atoms with E-state index < -0.39 is 0 Å². The largest absolute Gasteiger partial charge is 0.508 e. The van der Waals surface area contributed by atoms with Gasteiger partial charge in [0.1, 0.15) is 11.5 Å². The number of phenols is 2. The number of carbonyl (C=O) groups excluding carboxylic acids is 1. The van der Waals surface area contributed by atoms with E-state index in [9.17, 15) is 15.0 Å². The van der Waals surface area contributed by atoms with Crippen LogP contribution < -0.4 is 0 Å². The minimum atomic E-state index is -0.211. The van der Waals surface area contributed by atoms with Gasteiger partial charge in [0.25, 0.3) is 5.91 Å². The van der Waals surface area contributed by atoms with E-state index in [1.54, 1.807) is 4.90 Å². The smallest absolute Gasteiger partial charge is 0.257 e. The van der Waals surface area contributed by atoms with E-state index in [2.05, 4.69) is 6.07 Å². The average molecular weight is 299 g/mol. The van der Waals surface area contributed by atoms with Crippen LogP contribution in [-0.2, 0) is 13.0 Å². The topological polar surface area (TPSA) is 60.8 Å². The van der Waals surface area contributed by atoms with Crippen molar-refractivity contribution >= 4 is 5.91 Å². The van der Waals surface area contributed by atoms with E-state index in [0.717, 1.165) is 12.0 Å². The molecule has 1 amide bonds. The average Bonchev–Trinajstić information content (AvgIpc) is 2.56. The van der Waals surface area contributed by atoms with Gasteiger partial charge in [0.05, 0.1) is 5.56 Å². The van der Waals surface area contributed by atoms with Crippen LogP contribution in [0.3, 0.4) is 0 Å². The zero-order chi connectivity index (χ0) is 16.1.